The molecule has 0 unspecified atom stereocenters. The summed E-state index contributed by atoms with van der Waals surface area (Å²) in [5.41, 5.74) is 1.82. The summed E-state index contributed by atoms with van der Waals surface area (Å²) >= 11 is 0. The zero-order chi connectivity index (χ0) is 16.4. The summed E-state index contributed by atoms with van der Waals surface area (Å²) in [7, 11) is 1.57. The van der Waals surface area contributed by atoms with Gasteiger partial charge in [-0.25, -0.2) is 8.78 Å². The number of fused-ring (bicyclic) bond motifs is 1. The molecule has 0 aliphatic carbocycles. The average molecular weight is 316 g/mol. The van der Waals surface area contributed by atoms with Crippen LogP contribution in [-0.2, 0) is 11.2 Å². The van der Waals surface area contributed by atoms with Crippen LogP contribution in [0.5, 0.6) is 5.75 Å². The monoisotopic (exact) mass is 316 g/mol. The van der Waals surface area contributed by atoms with E-state index in [9.17, 15) is 13.6 Å². The Hall–Kier alpha value is -2.89. The van der Waals surface area contributed by atoms with Gasteiger partial charge < -0.3 is 15.0 Å². The predicted octanol–water partition coefficient (Wildman–Crippen LogP) is 3.64. The smallest absolute Gasteiger partial charge is 0.228 e. The van der Waals surface area contributed by atoms with Crippen LogP contribution in [0.15, 0.2) is 42.6 Å². The Bertz CT molecular complexity index is 874. The number of hydrogen-bond donors (Lipinski definition) is 2. The molecule has 118 valence electrons. The van der Waals surface area contributed by atoms with Crippen molar-refractivity contribution >= 4 is 22.5 Å². The number of aromatic nitrogens is 1. The molecular weight excluding hydrogens is 302 g/mol. The van der Waals surface area contributed by atoms with E-state index in [4.69, 9.17) is 4.74 Å². The van der Waals surface area contributed by atoms with Gasteiger partial charge in [-0.1, -0.05) is 12.1 Å². The molecular formula is C17H14F2N2O2. The topological polar surface area (TPSA) is 54.1 Å². The molecule has 0 saturated heterocycles. The van der Waals surface area contributed by atoms with Crippen molar-refractivity contribution in [3.8, 4) is 5.75 Å². The Kier molecular flexibility index (Phi) is 3.97. The Labute approximate surface area is 131 Å². The first kappa shape index (κ1) is 15.0. The van der Waals surface area contributed by atoms with Crippen LogP contribution < -0.4 is 10.1 Å². The molecule has 0 aliphatic heterocycles. The molecule has 0 saturated carbocycles. The number of hydrogen-bond acceptors (Lipinski definition) is 2. The minimum absolute atomic E-state index is 0.103. The molecule has 0 fully saturated rings. The number of amides is 1. The van der Waals surface area contributed by atoms with Gasteiger partial charge in [0.05, 0.1) is 19.0 Å². The van der Waals surface area contributed by atoms with Crippen LogP contribution in [0.25, 0.3) is 10.9 Å². The minimum Gasteiger partial charge on any atom is -0.495 e. The fraction of sp³-hybridized carbons (Fsp3) is 0.118. The third kappa shape index (κ3) is 3.01. The molecule has 23 heavy (non-hydrogen) atoms. The molecule has 2 aromatic carbocycles. The number of halogens is 2. The molecule has 2 N–H and O–H groups in total. The van der Waals surface area contributed by atoms with Crippen molar-refractivity contribution in [1.29, 1.82) is 0 Å². The average Bonchev–Trinajstić information content (AvgIpc) is 2.94. The van der Waals surface area contributed by atoms with E-state index in [2.05, 4.69) is 10.3 Å². The van der Waals surface area contributed by atoms with Gasteiger partial charge in [-0.3, -0.25) is 4.79 Å². The second kappa shape index (κ2) is 6.08. The van der Waals surface area contributed by atoms with Crippen molar-refractivity contribution in [2.24, 2.45) is 0 Å². The van der Waals surface area contributed by atoms with E-state index in [1.165, 1.54) is 6.07 Å². The lowest BCUT2D eigenvalue weighted by Gasteiger charge is -2.06. The van der Waals surface area contributed by atoms with Crippen molar-refractivity contribution in [2.45, 2.75) is 6.42 Å². The van der Waals surface area contributed by atoms with Crippen LogP contribution in [0.2, 0.25) is 0 Å². The van der Waals surface area contributed by atoms with E-state index >= 15 is 0 Å². The normalized spacial score (nSPS) is 10.7. The number of methoxy groups -OCH3 is 1. The van der Waals surface area contributed by atoms with Crippen molar-refractivity contribution in [2.75, 3.05) is 12.4 Å². The van der Waals surface area contributed by atoms with Crippen LogP contribution in [0, 0.1) is 11.6 Å². The van der Waals surface area contributed by atoms with Gasteiger partial charge in [0, 0.05) is 23.3 Å². The Morgan fingerprint density at radius 1 is 1.22 bits per heavy atom. The van der Waals surface area contributed by atoms with Gasteiger partial charge in [-0.05, 0) is 23.8 Å². The molecule has 3 aromatic rings. The van der Waals surface area contributed by atoms with E-state index < -0.39 is 11.6 Å². The number of carbonyl (C=O) groups excluding carboxylic acids is 1. The number of ether oxygens (including phenoxy) is 1. The first-order valence-corrected chi connectivity index (χ1v) is 6.96. The quantitative estimate of drug-likeness (QED) is 0.772. The lowest BCUT2D eigenvalue weighted by Crippen LogP contribution is -2.14. The largest absolute Gasteiger partial charge is 0.495 e. The van der Waals surface area contributed by atoms with E-state index in [-0.39, 0.29) is 18.0 Å². The van der Waals surface area contributed by atoms with Crippen LogP contribution >= 0.6 is 0 Å². The van der Waals surface area contributed by atoms with Gasteiger partial charge in [0.25, 0.3) is 0 Å². The van der Waals surface area contributed by atoms with Crippen molar-refractivity contribution in [1.82, 2.24) is 4.98 Å². The molecule has 0 atom stereocenters. The lowest BCUT2D eigenvalue weighted by atomic mass is 10.1. The zero-order valence-corrected chi connectivity index (χ0v) is 12.3. The third-order valence-corrected chi connectivity index (χ3v) is 3.54. The molecule has 1 heterocycles. The number of H-pyrrole nitrogens is 1. The van der Waals surface area contributed by atoms with Gasteiger partial charge in [-0.2, -0.15) is 0 Å². The second-order valence-electron chi connectivity index (χ2n) is 5.05. The second-order valence-corrected chi connectivity index (χ2v) is 5.05. The maximum absolute atomic E-state index is 13.2. The van der Waals surface area contributed by atoms with Gasteiger partial charge in [0.2, 0.25) is 5.91 Å². The predicted molar refractivity (Wildman–Crippen MR) is 83.5 cm³/mol. The molecule has 4 nitrogen and oxygen atoms in total. The maximum Gasteiger partial charge on any atom is 0.228 e. The first-order chi connectivity index (χ1) is 11.1. The first-order valence-electron chi connectivity index (χ1n) is 6.96. The van der Waals surface area contributed by atoms with E-state index in [0.29, 0.717) is 5.75 Å². The van der Waals surface area contributed by atoms with Gasteiger partial charge in [-0.15, -0.1) is 0 Å². The number of carbonyl (C=O) groups is 1. The summed E-state index contributed by atoms with van der Waals surface area (Å²) in [6, 6.07) is 8.78. The minimum atomic E-state index is -1.00. The fourth-order valence-electron chi connectivity index (χ4n) is 2.45. The van der Waals surface area contributed by atoms with Crippen LogP contribution in [0.1, 0.15) is 5.56 Å². The fourth-order valence-corrected chi connectivity index (χ4v) is 2.45. The third-order valence-electron chi connectivity index (χ3n) is 3.54. The Balaban J connectivity index is 1.79. The summed E-state index contributed by atoms with van der Waals surface area (Å²) in [4.78, 5) is 15.2. The van der Waals surface area contributed by atoms with Crippen molar-refractivity contribution in [3.05, 3.63) is 59.8 Å². The number of aromatic amines is 1. The van der Waals surface area contributed by atoms with Crippen molar-refractivity contribution in [3.63, 3.8) is 0 Å². The number of rotatable bonds is 4. The molecule has 0 spiro atoms. The number of nitrogens with one attached hydrogen (secondary N) is 2. The highest BCUT2D eigenvalue weighted by atomic mass is 19.2. The summed E-state index contributed by atoms with van der Waals surface area (Å²) in [5.74, 6) is -1.58. The Morgan fingerprint density at radius 2 is 2.04 bits per heavy atom. The van der Waals surface area contributed by atoms with Gasteiger partial charge in [0.15, 0.2) is 11.6 Å². The Morgan fingerprint density at radius 3 is 2.78 bits per heavy atom. The van der Waals surface area contributed by atoms with Crippen LogP contribution in [0.4, 0.5) is 14.5 Å². The lowest BCUT2D eigenvalue weighted by molar-refractivity contribution is -0.115. The standard InChI is InChI=1S/C17H14F2N2O2/c1-23-15-4-2-3-12-10(9-20-17(12)15)7-16(22)21-11-5-6-13(18)14(19)8-11/h2-6,8-9,20H,7H2,1H3,(H,21,22). The summed E-state index contributed by atoms with van der Waals surface area (Å²) in [6.45, 7) is 0. The van der Waals surface area contributed by atoms with Crippen LogP contribution in [0.3, 0.4) is 0 Å². The van der Waals surface area contributed by atoms with Crippen LogP contribution in [-0.4, -0.2) is 18.0 Å². The zero-order valence-electron chi connectivity index (χ0n) is 12.3. The molecule has 3 rings (SSSR count). The van der Waals surface area contributed by atoms with E-state index in [0.717, 1.165) is 28.6 Å². The summed E-state index contributed by atoms with van der Waals surface area (Å²) in [5, 5.41) is 3.43. The molecule has 6 heteroatoms. The summed E-state index contributed by atoms with van der Waals surface area (Å²) in [6.07, 6.45) is 1.84. The molecule has 1 amide bonds. The number of benzene rings is 2. The highest BCUT2D eigenvalue weighted by molar-refractivity contribution is 5.96. The summed E-state index contributed by atoms with van der Waals surface area (Å²) < 4.78 is 31.3. The highest BCUT2D eigenvalue weighted by Crippen LogP contribution is 2.27. The number of anilines is 1. The molecule has 0 aliphatic rings. The van der Waals surface area contributed by atoms with Gasteiger partial charge in [0.1, 0.15) is 5.75 Å². The van der Waals surface area contributed by atoms with E-state index in [1.54, 1.807) is 13.3 Å². The molecule has 1 aromatic heterocycles. The van der Waals surface area contributed by atoms with Crippen molar-refractivity contribution < 1.29 is 18.3 Å². The molecule has 0 radical (unpaired) electrons. The van der Waals surface area contributed by atoms with Gasteiger partial charge >= 0.3 is 0 Å². The molecule has 0 bridgehead atoms. The van der Waals surface area contributed by atoms with E-state index in [1.807, 2.05) is 18.2 Å². The SMILES string of the molecule is COc1cccc2c(CC(=O)Nc3ccc(F)c(F)c3)c[nH]c12. The number of para-hydroxylation sites is 1. The maximum atomic E-state index is 13.2. The highest BCUT2D eigenvalue weighted by Gasteiger charge is 2.12.